The second-order valence-electron chi connectivity index (χ2n) is 4.06. The molecule has 1 heterocycles. The maximum absolute atomic E-state index is 12.3. The molecule has 0 spiro atoms. The molecule has 0 atom stereocenters. The van der Waals surface area contributed by atoms with E-state index in [1.165, 1.54) is 0 Å². The summed E-state index contributed by atoms with van der Waals surface area (Å²) >= 11 is 7.69. The van der Waals surface area contributed by atoms with Gasteiger partial charge in [-0.15, -0.1) is 11.3 Å². The highest BCUT2D eigenvalue weighted by atomic mass is 79.9. The van der Waals surface area contributed by atoms with Crippen molar-refractivity contribution in [2.45, 2.75) is 17.7 Å². The first-order valence-electron chi connectivity index (χ1n) is 5.51. The highest BCUT2D eigenvalue weighted by molar-refractivity contribution is 9.11. The van der Waals surface area contributed by atoms with E-state index in [1.54, 1.807) is 31.2 Å². The smallest absolute Gasteiger partial charge is 0.271 e. The SMILES string of the molecule is Cc1cc(S(=O)(=O)Nc2ccc(Br)cc2Br)sc1CO. The highest BCUT2D eigenvalue weighted by Crippen LogP contribution is 2.31. The lowest BCUT2D eigenvalue weighted by molar-refractivity contribution is 0.285. The number of aryl methyl sites for hydroxylation is 1. The number of rotatable bonds is 4. The van der Waals surface area contributed by atoms with E-state index in [1.807, 2.05) is 0 Å². The van der Waals surface area contributed by atoms with E-state index in [9.17, 15) is 8.42 Å². The summed E-state index contributed by atoms with van der Waals surface area (Å²) in [7, 11) is -3.65. The van der Waals surface area contributed by atoms with Crippen molar-refractivity contribution in [3.05, 3.63) is 43.7 Å². The molecule has 1 aromatic heterocycles. The molecule has 2 rings (SSSR count). The molecular formula is C12H11Br2NO3S2. The van der Waals surface area contributed by atoms with Gasteiger partial charge in [-0.3, -0.25) is 4.72 Å². The number of thiophene rings is 1. The van der Waals surface area contributed by atoms with Crippen LogP contribution >= 0.6 is 43.2 Å². The van der Waals surface area contributed by atoms with Gasteiger partial charge in [0.25, 0.3) is 10.0 Å². The molecule has 8 heteroatoms. The first kappa shape index (κ1) is 16.0. The summed E-state index contributed by atoms with van der Waals surface area (Å²) < 4.78 is 28.8. The maximum Gasteiger partial charge on any atom is 0.271 e. The van der Waals surface area contributed by atoms with Gasteiger partial charge < -0.3 is 5.11 Å². The molecule has 0 unspecified atom stereocenters. The lowest BCUT2D eigenvalue weighted by Crippen LogP contribution is -2.11. The number of hydrogen-bond acceptors (Lipinski definition) is 4. The molecule has 0 aliphatic carbocycles. The first-order chi connectivity index (χ1) is 9.33. The molecular weight excluding hydrogens is 430 g/mol. The minimum Gasteiger partial charge on any atom is -0.391 e. The van der Waals surface area contributed by atoms with Crippen molar-refractivity contribution in [3.63, 3.8) is 0 Å². The third-order valence-electron chi connectivity index (χ3n) is 2.58. The van der Waals surface area contributed by atoms with Gasteiger partial charge in [-0.2, -0.15) is 0 Å². The number of nitrogens with one attached hydrogen (secondary N) is 1. The molecule has 1 aromatic carbocycles. The van der Waals surface area contributed by atoms with Gasteiger partial charge in [-0.1, -0.05) is 15.9 Å². The lowest BCUT2D eigenvalue weighted by atomic mass is 10.3. The molecule has 0 saturated heterocycles. The molecule has 0 amide bonds. The van der Waals surface area contributed by atoms with E-state index in [-0.39, 0.29) is 10.8 Å². The van der Waals surface area contributed by atoms with Crippen molar-refractivity contribution >= 4 is 58.9 Å². The third-order valence-corrected chi connectivity index (χ3v) is 6.79. The van der Waals surface area contributed by atoms with Gasteiger partial charge in [-0.05, 0) is 52.7 Å². The van der Waals surface area contributed by atoms with Crippen LogP contribution in [-0.4, -0.2) is 13.5 Å². The zero-order chi connectivity index (χ0) is 14.9. The van der Waals surface area contributed by atoms with Crippen molar-refractivity contribution in [1.82, 2.24) is 0 Å². The van der Waals surface area contributed by atoms with Crippen molar-refractivity contribution in [1.29, 1.82) is 0 Å². The Hall–Kier alpha value is -0.410. The van der Waals surface area contributed by atoms with Gasteiger partial charge in [0.15, 0.2) is 0 Å². The van der Waals surface area contributed by atoms with Crippen molar-refractivity contribution in [2.75, 3.05) is 4.72 Å². The number of anilines is 1. The fourth-order valence-electron chi connectivity index (χ4n) is 1.55. The Bertz CT molecular complexity index is 741. The number of aliphatic hydroxyl groups is 1. The normalized spacial score (nSPS) is 11.6. The lowest BCUT2D eigenvalue weighted by Gasteiger charge is -2.08. The summed E-state index contributed by atoms with van der Waals surface area (Å²) in [5, 5.41) is 9.14. The highest BCUT2D eigenvalue weighted by Gasteiger charge is 2.19. The predicted octanol–water partition coefficient (Wildman–Crippen LogP) is 3.87. The number of hydrogen-bond donors (Lipinski definition) is 2. The Balaban J connectivity index is 2.35. The Morgan fingerprint density at radius 1 is 1.30 bits per heavy atom. The van der Waals surface area contributed by atoms with E-state index in [0.717, 1.165) is 21.4 Å². The Morgan fingerprint density at radius 2 is 2.00 bits per heavy atom. The van der Waals surface area contributed by atoms with E-state index in [2.05, 4.69) is 36.6 Å². The van der Waals surface area contributed by atoms with Crippen LogP contribution in [0.3, 0.4) is 0 Å². The summed E-state index contributed by atoms with van der Waals surface area (Å²) in [5.74, 6) is 0. The number of halogens is 2. The summed E-state index contributed by atoms with van der Waals surface area (Å²) in [4.78, 5) is 0.653. The van der Waals surface area contributed by atoms with E-state index >= 15 is 0 Å². The van der Waals surface area contributed by atoms with Crippen LogP contribution in [0.15, 0.2) is 37.4 Å². The largest absolute Gasteiger partial charge is 0.391 e. The van der Waals surface area contributed by atoms with Crippen molar-refractivity contribution in [2.24, 2.45) is 0 Å². The average Bonchev–Trinajstić information content (AvgIpc) is 2.75. The first-order valence-corrected chi connectivity index (χ1v) is 9.40. The van der Waals surface area contributed by atoms with Gasteiger partial charge in [0.2, 0.25) is 0 Å². The van der Waals surface area contributed by atoms with Crippen molar-refractivity contribution < 1.29 is 13.5 Å². The maximum atomic E-state index is 12.3. The molecule has 108 valence electrons. The topological polar surface area (TPSA) is 66.4 Å². The monoisotopic (exact) mass is 439 g/mol. The summed E-state index contributed by atoms with van der Waals surface area (Å²) in [6.45, 7) is 1.62. The van der Waals surface area contributed by atoms with Crippen LogP contribution in [0.5, 0.6) is 0 Å². The standard InChI is InChI=1S/C12H11Br2NO3S2/c1-7-4-12(19-11(7)6-16)20(17,18)15-10-3-2-8(13)5-9(10)14/h2-5,15-16H,6H2,1H3. The fraction of sp³-hybridized carbons (Fsp3) is 0.167. The van der Waals surface area contributed by atoms with Gasteiger partial charge in [-0.25, -0.2) is 8.42 Å². The van der Waals surface area contributed by atoms with Gasteiger partial charge >= 0.3 is 0 Å². The average molecular weight is 441 g/mol. The minimum absolute atomic E-state index is 0.159. The van der Waals surface area contributed by atoms with Crippen LogP contribution in [0.25, 0.3) is 0 Å². The van der Waals surface area contributed by atoms with E-state index in [4.69, 9.17) is 5.11 Å². The second-order valence-corrected chi connectivity index (χ2v) is 8.88. The zero-order valence-electron chi connectivity index (χ0n) is 10.4. The molecule has 0 fully saturated rings. The second kappa shape index (κ2) is 6.15. The number of benzene rings is 1. The quantitative estimate of drug-likeness (QED) is 0.758. The van der Waals surface area contributed by atoms with Crippen LogP contribution in [0.4, 0.5) is 5.69 Å². The van der Waals surface area contributed by atoms with Crippen molar-refractivity contribution in [3.8, 4) is 0 Å². The van der Waals surface area contributed by atoms with Gasteiger partial charge in [0.05, 0.1) is 12.3 Å². The Labute approximate surface area is 138 Å². The minimum atomic E-state index is -3.65. The predicted molar refractivity (Wildman–Crippen MR) is 87.6 cm³/mol. The summed E-state index contributed by atoms with van der Waals surface area (Å²) in [6, 6.07) is 6.74. The fourth-order valence-corrected chi connectivity index (χ4v) is 5.35. The molecule has 4 nitrogen and oxygen atoms in total. The Kier molecular flexibility index (Phi) is 4.91. The van der Waals surface area contributed by atoms with Gasteiger partial charge in [0.1, 0.15) is 4.21 Å². The molecule has 0 bridgehead atoms. The van der Waals surface area contributed by atoms with Crippen LogP contribution in [0.2, 0.25) is 0 Å². The zero-order valence-corrected chi connectivity index (χ0v) is 15.2. The molecule has 0 saturated carbocycles. The third kappa shape index (κ3) is 3.43. The molecule has 2 N–H and O–H groups in total. The van der Waals surface area contributed by atoms with Crippen LogP contribution < -0.4 is 4.72 Å². The van der Waals surface area contributed by atoms with Crippen LogP contribution in [0, 0.1) is 6.92 Å². The number of aliphatic hydroxyl groups excluding tert-OH is 1. The van der Waals surface area contributed by atoms with E-state index < -0.39 is 10.0 Å². The summed E-state index contributed by atoms with van der Waals surface area (Å²) in [6.07, 6.45) is 0. The van der Waals surface area contributed by atoms with Gasteiger partial charge in [0, 0.05) is 13.8 Å². The molecule has 0 radical (unpaired) electrons. The number of sulfonamides is 1. The van der Waals surface area contributed by atoms with E-state index in [0.29, 0.717) is 15.0 Å². The van der Waals surface area contributed by atoms with Crippen LogP contribution in [-0.2, 0) is 16.6 Å². The molecule has 0 aliphatic rings. The molecule has 2 aromatic rings. The summed E-state index contributed by atoms with van der Waals surface area (Å²) in [5.41, 5.74) is 1.23. The Morgan fingerprint density at radius 3 is 2.55 bits per heavy atom. The molecule has 0 aliphatic heterocycles. The molecule has 20 heavy (non-hydrogen) atoms. The van der Waals surface area contributed by atoms with Crippen LogP contribution in [0.1, 0.15) is 10.4 Å².